The fourth-order valence-corrected chi connectivity index (χ4v) is 4.20. The van der Waals surface area contributed by atoms with Gasteiger partial charge < -0.3 is 25.1 Å². The van der Waals surface area contributed by atoms with Crippen molar-refractivity contribution < 1.29 is 23.5 Å². The second-order valence-corrected chi connectivity index (χ2v) is 9.55. The molecule has 9 heteroatoms. The van der Waals surface area contributed by atoms with Gasteiger partial charge in [-0.15, -0.1) is 0 Å². The van der Waals surface area contributed by atoms with Crippen LogP contribution in [0.25, 0.3) is 11.0 Å². The van der Waals surface area contributed by atoms with Crippen molar-refractivity contribution in [3.8, 4) is 5.75 Å². The molecule has 2 rings (SSSR count). The third-order valence-corrected chi connectivity index (χ3v) is 6.38. The highest BCUT2D eigenvalue weighted by molar-refractivity contribution is 5.91. The summed E-state index contributed by atoms with van der Waals surface area (Å²) in [6, 6.07) is 5.47. The molecule has 3 amide bonds. The number of hydrogen-bond donors (Lipinski definition) is 3. The van der Waals surface area contributed by atoms with Gasteiger partial charge in [0, 0.05) is 37.0 Å². The van der Waals surface area contributed by atoms with Crippen molar-refractivity contribution in [1.82, 2.24) is 16.0 Å². The Bertz CT molecular complexity index is 1100. The Hall–Kier alpha value is -3.36. The molecule has 1 atom stereocenters. The van der Waals surface area contributed by atoms with Crippen LogP contribution in [0.3, 0.4) is 0 Å². The Labute approximate surface area is 225 Å². The van der Waals surface area contributed by atoms with Crippen LogP contribution in [0.15, 0.2) is 33.5 Å². The van der Waals surface area contributed by atoms with E-state index in [9.17, 15) is 19.2 Å². The third-order valence-electron chi connectivity index (χ3n) is 6.38. The number of methoxy groups -OCH3 is 1. The van der Waals surface area contributed by atoms with Gasteiger partial charge in [-0.2, -0.15) is 0 Å². The molecule has 1 heterocycles. The van der Waals surface area contributed by atoms with Crippen LogP contribution in [0.1, 0.15) is 83.6 Å². The number of fused-ring (bicyclic) bond motifs is 1. The first-order chi connectivity index (χ1) is 18.4. The van der Waals surface area contributed by atoms with Crippen molar-refractivity contribution in [3.63, 3.8) is 0 Å². The van der Waals surface area contributed by atoms with Crippen molar-refractivity contribution in [2.24, 2.45) is 0 Å². The topological polar surface area (TPSA) is 127 Å². The molecule has 1 unspecified atom stereocenters. The predicted molar refractivity (Wildman–Crippen MR) is 148 cm³/mol. The summed E-state index contributed by atoms with van der Waals surface area (Å²) in [6.07, 6.45) is 8.50. The van der Waals surface area contributed by atoms with Gasteiger partial charge in [-0.3, -0.25) is 14.4 Å². The van der Waals surface area contributed by atoms with Crippen LogP contribution in [0.2, 0.25) is 0 Å². The molecular weight excluding hydrogens is 486 g/mol. The lowest BCUT2D eigenvalue weighted by Crippen LogP contribution is -2.48. The highest BCUT2D eigenvalue weighted by Gasteiger charge is 2.22. The molecule has 0 radical (unpaired) electrons. The first-order valence-electron chi connectivity index (χ1n) is 13.8. The Morgan fingerprint density at radius 1 is 0.895 bits per heavy atom. The van der Waals surface area contributed by atoms with Crippen LogP contribution in [-0.4, -0.2) is 44.0 Å². The minimum absolute atomic E-state index is 0.113. The molecule has 0 fully saturated rings. The smallest absolute Gasteiger partial charge is 0.336 e. The fourth-order valence-electron chi connectivity index (χ4n) is 4.20. The lowest BCUT2D eigenvalue weighted by atomic mass is 10.1. The summed E-state index contributed by atoms with van der Waals surface area (Å²) in [5.74, 6) is -0.342. The molecule has 9 nitrogen and oxygen atoms in total. The zero-order valence-corrected chi connectivity index (χ0v) is 23.0. The summed E-state index contributed by atoms with van der Waals surface area (Å²) in [6.45, 7) is 5.37. The van der Waals surface area contributed by atoms with Gasteiger partial charge in [-0.05, 0) is 37.0 Å². The summed E-state index contributed by atoms with van der Waals surface area (Å²) < 4.78 is 10.4. The Morgan fingerprint density at radius 2 is 1.58 bits per heavy atom. The van der Waals surface area contributed by atoms with Gasteiger partial charge in [0.15, 0.2) is 0 Å². The van der Waals surface area contributed by atoms with Crippen LogP contribution in [0.5, 0.6) is 5.75 Å². The SMILES string of the molecule is CCCCCCNC(=O)CCC(NC(=O)Cc1cc(=O)oc2cc(OC)ccc12)C(=O)NCCCCCC. The van der Waals surface area contributed by atoms with E-state index >= 15 is 0 Å². The maximum absolute atomic E-state index is 13.0. The molecule has 2 aromatic rings. The fraction of sp³-hybridized carbons (Fsp3) is 0.586. The van der Waals surface area contributed by atoms with E-state index in [2.05, 4.69) is 29.8 Å². The van der Waals surface area contributed by atoms with Crippen molar-refractivity contribution in [2.45, 2.75) is 90.5 Å². The molecule has 1 aromatic heterocycles. The van der Waals surface area contributed by atoms with E-state index in [0.29, 0.717) is 35.4 Å². The highest BCUT2D eigenvalue weighted by Crippen LogP contribution is 2.23. The average Bonchev–Trinajstić information content (AvgIpc) is 2.90. The lowest BCUT2D eigenvalue weighted by Gasteiger charge is -2.19. The van der Waals surface area contributed by atoms with E-state index in [1.54, 1.807) is 18.2 Å². The van der Waals surface area contributed by atoms with Crippen LogP contribution in [0.4, 0.5) is 0 Å². The zero-order chi connectivity index (χ0) is 27.8. The van der Waals surface area contributed by atoms with E-state index in [1.165, 1.54) is 13.2 Å². The molecule has 38 heavy (non-hydrogen) atoms. The number of hydrogen-bond acceptors (Lipinski definition) is 6. The quantitative estimate of drug-likeness (QED) is 0.198. The van der Waals surface area contributed by atoms with Crippen molar-refractivity contribution in [2.75, 3.05) is 20.2 Å². The normalized spacial score (nSPS) is 11.7. The summed E-state index contributed by atoms with van der Waals surface area (Å²) in [4.78, 5) is 50.3. The van der Waals surface area contributed by atoms with E-state index in [-0.39, 0.29) is 31.1 Å². The molecule has 0 saturated heterocycles. The van der Waals surface area contributed by atoms with Gasteiger partial charge in [0.05, 0.1) is 13.5 Å². The number of nitrogens with one attached hydrogen (secondary N) is 3. The number of rotatable bonds is 18. The summed E-state index contributed by atoms with van der Waals surface area (Å²) in [5.41, 5.74) is 0.224. The second-order valence-electron chi connectivity index (χ2n) is 9.55. The standard InChI is InChI=1S/C29H43N3O6/c1-4-6-8-10-16-30-26(33)15-14-24(29(36)31-17-11-9-7-5-2)32-27(34)18-21-19-28(35)38-25-20-22(37-3)12-13-23(21)25/h12-13,19-20,24H,4-11,14-18H2,1-3H3,(H,30,33)(H,31,36)(H,32,34). The summed E-state index contributed by atoms with van der Waals surface area (Å²) in [7, 11) is 1.51. The average molecular weight is 530 g/mol. The molecule has 0 aliphatic carbocycles. The molecule has 1 aromatic carbocycles. The maximum Gasteiger partial charge on any atom is 0.336 e. The van der Waals surface area contributed by atoms with E-state index < -0.39 is 17.6 Å². The summed E-state index contributed by atoms with van der Waals surface area (Å²) >= 11 is 0. The van der Waals surface area contributed by atoms with E-state index in [1.807, 2.05) is 0 Å². The molecule has 3 N–H and O–H groups in total. The highest BCUT2D eigenvalue weighted by atomic mass is 16.5. The van der Waals surface area contributed by atoms with Crippen LogP contribution in [-0.2, 0) is 20.8 Å². The number of ether oxygens (including phenoxy) is 1. The monoisotopic (exact) mass is 529 g/mol. The Balaban J connectivity index is 2.03. The summed E-state index contributed by atoms with van der Waals surface area (Å²) in [5, 5.41) is 9.17. The predicted octanol–water partition coefficient (Wildman–Crippen LogP) is 4.00. The Kier molecular flexibility index (Phi) is 14.0. The molecule has 0 aliphatic rings. The molecule has 210 valence electrons. The van der Waals surface area contributed by atoms with Gasteiger partial charge in [0.1, 0.15) is 17.4 Å². The number of unbranched alkanes of at least 4 members (excludes halogenated alkanes) is 6. The second kappa shape index (κ2) is 17.2. The first kappa shape index (κ1) is 30.9. The Morgan fingerprint density at radius 3 is 2.24 bits per heavy atom. The number of carbonyl (C=O) groups is 3. The minimum Gasteiger partial charge on any atom is -0.497 e. The van der Waals surface area contributed by atoms with Gasteiger partial charge in [-0.1, -0.05) is 52.4 Å². The maximum atomic E-state index is 13.0. The van der Waals surface area contributed by atoms with Crippen molar-refractivity contribution >= 4 is 28.7 Å². The molecule has 0 saturated carbocycles. The third kappa shape index (κ3) is 10.9. The molecule has 0 spiro atoms. The van der Waals surface area contributed by atoms with Crippen LogP contribution in [0, 0.1) is 0 Å². The lowest BCUT2D eigenvalue weighted by molar-refractivity contribution is -0.129. The number of carbonyl (C=O) groups excluding carboxylic acids is 3. The zero-order valence-electron chi connectivity index (χ0n) is 23.0. The first-order valence-corrected chi connectivity index (χ1v) is 13.8. The van der Waals surface area contributed by atoms with Crippen LogP contribution < -0.4 is 26.3 Å². The van der Waals surface area contributed by atoms with Gasteiger partial charge in [0.2, 0.25) is 17.7 Å². The van der Waals surface area contributed by atoms with Gasteiger partial charge >= 0.3 is 5.63 Å². The minimum atomic E-state index is -0.856. The number of benzene rings is 1. The van der Waals surface area contributed by atoms with Crippen molar-refractivity contribution in [1.29, 1.82) is 0 Å². The largest absolute Gasteiger partial charge is 0.497 e. The van der Waals surface area contributed by atoms with Crippen LogP contribution >= 0.6 is 0 Å². The molecule has 0 bridgehead atoms. The van der Waals surface area contributed by atoms with Gasteiger partial charge in [0.25, 0.3) is 0 Å². The molecular formula is C29H43N3O6. The molecule has 0 aliphatic heterocycles. The number of amides is 3. The van der Waals surface area contributed by atoms with E-state index in [0.717, 1.165) is 51.4 Å². The van der Waals surface area contributed by atoms with Crippen molar-refractivity contribution in [3.05, 3.63) is 40.2 Å². The van der Waals surface area contributed by atoms with E-state index in [4.69, 9.17) is 9.15 Å². The van der Waals surface area contributed by atoms with Gasteiger partial charge in [-0.25, -0.2) is 4.79 Å².